The molecule has 0 bridgehead atoms. The average Bonchev–Trinajstić information content (AvgIpc) is 2.79. The van der Waals surface area contributed by atoms with Crippen LogP contribution in [0.2, 0.25) is 0 Å². The van der Waals surface area contributed by atoms with Crippen molar-refractivity contribution in [1.29, 1.82) is 0 Å². The third-order valence-electron chi connectivity index (χ3n) is 3.90. The van der Waals surface area contributed by atoms with Crippen molar-refractivity contribution in [3.8, 4) is 5.06 Å². The fourth-order valence-corrected chi connectivity index (χ4v) is 4.02. The normalized spacial score (nSPS) is 17.2. The van der Waals surface area contributed by atoms with E-state index in [9.17, 15) is 4.79 Å². The van der Waals surface area contributed by atoms with Gasteiger partial charge in [0.1, 0.15) is 4.83 Å². The molecule has 1 fully saturated rings. The van der Waals surface area contributed by atoms with Crippen LogP contribution in [0.15, 0.2) is 6.07 Å². The highest BCUT2D eigenvalue weighted by Gasteiger charge is 2.21. The highest BCUT2D eigenvalue weighted by molar-refractivity contribution is 7.20. The molecule has 6 heteroatoms. The van der Waals surface area contributed by atoms with E-state index in [2.05, 4.69) is 9.78 Å². The largest absolute Gasteiger partial charge is 0.512 e. The number of carbonyl (C=O) groups is 1. The second-order valence-corrected chi connectivity index (χ2v) is 6.32. The van der Waals surface area contributed by atoms with E-state index in [4.69, 9.17) is 9.84 Å². The molecule has 2 heterocycles. The van der Waals surface area contributed by atoms with Crippen LogP contribution in [-0.4, -0.2) is 21.0 Å². The predicted molar refractivity (Wildman–Crippen MR) is 77.7 cm³/mol. The van der Waals surface area contributed by atoms with Crippen LogP contribution in [0, 0.1) is 6.92 Å². The summed E-state index contributed by atoms with van der Waals surface area (Å²) in [6, 6.07) is 2.22. The molecule has 108 valence electrons. The molecule has 3 rings (SSSR count). The minimum Gasteiger partial charge on any atom is -0.449 e. The number of carboxylic acid groups (broad SMARTS) is 1. The van der Waals surface area contributed by atoms with Crippen molar-refractivity contribution in [1.82, 2.24) is 9.78 Å². The SMILES string of the molecule is Cc1nn(C2CCCCCC2)c2sc(OC(=O)O)cc12. The van der Waals surface area contributed by atoms with Gasteiger partial charge in [-0.25, -0.2) is 4.79 Å². The molecule has 0 amide bonds. The summed E-state index contributed by atoms with van der Waals surface area (Å²) in [7, 11) is 0. The van der Waals surface area contributed by atoms with E-state index < -0.39 is 6.16 Å². The zero-order valence-corrected chi connectivity index (χ0v) is 12.3. The number of hydrogen-bond donors (Lipinski definition) is 1. The number of aryl methyl sites for hydroxylation is 1. The Balaban J connectivity index is 1.97. The Labute approximate surface area is 121 Å². The molecule has 1 aliphatic carbocycles. The van der Waals surface area contributed by atoms with Crippen LogP contribution in [0.5, 0.6) is 5.06 Å². The maximum atomic E-state index is 10.6. The Morgan fingerprint density at radius 2 is 2.10 bits per heavy atom. The van der Waals surface area contributed by atoms with Crippen molar-refractivity contribution in [3.05, 3.63) is 11.8 Å². The van der Waals surface area contributed by atoms with Gasteiger partial charge in [-0.15, -0.1) is 0 Å². The fraction of sp³-hybridized carbons (Fsp3) is 0.571. The first-order valence-corrected chi connectivity index (χ1v) is 7.86. The van der Waals surface area contributed by atoms with Gasteiger partial charge in [-0.05, 0) is 19.8 Å². The summed E-state index contributed by atoms with van der Waals surface area (Å²) >= 11 is 1.37. The molecule has 5 nitrogen and oxygen atoms in total. The lowest BCUT2D eigenvalue weighted by molar-refractivity contribution is 0.146. The van der Waals surface area contributed by atoms with Crippen molar-refractivity contribution < 1.29 is 14.6 Å². The quantitative estimate of drug-likeness (QED) is 0.660. The number of thiophene rings is 1. The Morgan fingerprint density at radius 3 is 2.75 bits per heavy atom. The molecule has 1 saturated carbocycles. The molecular weight excluding hydrogens is 276 g/mol. The molecule has 0 spiro atoms. The first-order valence-electron chi connectivity index (χ1n) is 7.04. The van der Waals surface area contributed by atoms with Crippen LogP contribution in [-0.2, 0) is 0 Å². The molecule has 2 aromatic heterocycles. The van der Waals surface area contributed by atoms with E-state index in [0.717, 1.165) is 28.8 Å². The molecule has 0 radical (unpaired) electrons. The summed E-state index contributed by atoms with van der Waals surface area (Å²) in [6.45, 7) is 1.97. The lowest BCUT2D eigenvalue weighted by Crippen LogP contribution is -2.09. The third kappa shape index (κ3) is 2.52. The van der Waals surface area contributed by atoms with Crippen molar-refractivity contribution in [2.24, 2.45) is 0 Å². The summed E-state index contributed by atoms with van der Waals surface area (Å²) in [4.78, 5) is 11.7. The second kappa shape index (κ2) is 5.44. The Hall–Kier alpha value is -1.56. The summed E-state index contributed by atoms with van der Waals surface area (Å²) in [5.41, 5.74) is 0.945. The lowest BCUT2D eigenvalue weighted by atomic mass is 10.1. The number of ether oxygens (including phenoxy) is 1. The van der Waals surface area contributed by atoms with Gasteiger partial charge in [-0.1, -0.05) is 37.0 Å². The molecule has 0 saturated heterocycles. The van der Waals surface area contributed by atoms with E-state index in [1.165, 1.54) is 37.0 Å². The topological polar surface area (TPSA) is 64.4 Å². The average molecular weight is 294 g/mol. The van der Waals surface area contributed by atoms with Crippen LogP contribution in [0.4, 0.5) is 4.79 Å². The van der Waals surface area contributed by atoms with E-state index in [1.807, 2.05) is 6.92 Å². The zero-order valence-electron chi connectivity index (χ0n) is 11.5. The Morgan fingerprint density at radius 1 is 1.40 bits per heavy atom. The van der Waals surface area contributed by atoms with Crippen LogP contribution >= 0.6 is 11.3 Å². The van der Waals surface area contributed by atoms with Crippen LogP contribution in [0.25, 0.3) is 10.2 Å². The van der Waals surface area contributed by atoms with Gasteiger partial charge < -0.3 is 9.84 Å². The van der Waals surface area contributed by atoms with Gasteiger partial charge in [0.15, 0.2) is 5.06 Å². The summed E-state index contributed by atoms with van der Waals surface area (Å²) in [6.07, 6.45) is 6.15. The highest BCUT2D eigenvalue weighted by Crippen LogP contribution is 2.37. The Kier molecular flexibility index (Phi) is 3.65. The monoisotopic (exact) mass is 294 g/mol. The fourth-order valence-electron chi connectivity index (χ4n) is 2.94. The van der Waals surface area contributed by atoms with Gasteiger partial charge in [0, 0.05) is 11.5 Å². The van der Waals surface area contributed by atoms with E-state index in [-0.39, 0.29) is 0 Å². The molecule has 20 heavy (non-hydrogen) atoms. The van der Waals surface area contributed by atoms with Crippen LogP contribution < -0.4 is 4.74 Å². The molecule has 0 aliphatic heterocycles. The first-order chi connectivity index (χ1) is 9.65. The number of nitrogens with zero attached hydrogens (tertiary/aromatic N) is 2. The number of aromatic nitrogens is 2. The number of hydrogen-bond acceptors (Lipinski definition) is 4. The van der Waals surface area contributed by atoms with Crippen molar-refractivity contribution in [3.63, 3.8) is 0 Å². The lowest BCUT2D eigenvalue weighted by Gasteiger charge is -2.15. The maximum Gasteiger partial charge on any atom is 0.512 e. The minimum absolute atomic E-state index is 0.426. The molecular formula is C14H18N2O3S. The molecule has 2 aromatic rings. The second-order valence-electron chi connectivity index (χ2n) is 5.33. The molecule has 1 aliphatic rings. The van der Waals surface area contributed by atoms with Gasteiger partial charge in [0.25, 0.3) is 0 Å². The number of fused-ring (bicyclic) bond motifs is 1. The smallest absolute Gasteiger partial charge is 0.449 e. The van der Waals surface area contributed by atoms with Crippen molar-refractivity contribution >= 4 is 27.7 Å². The zero-order chi connectivity index (χ0) is 14.1. The standard InChI is InChI=1S/C14H18N2O3S/c1-9-11-8-12(19-14(17)18)20-13(11)16(15-9)10-6-4-2-3-5-7-10/h8,10H,2-7H2,1H3,(H,17,18). The molecule has 0 atom stereocenters. The predicted octanol–water partition coefficient (Wildman–Crippen LogP) is 4.36. The van der Waals surface area contributed by atoms with Gasteiger partial charge in [-0.3, -0.25) is 4.68 Å². The van der Waals surface area contributed by atoms with Crippen LogP contribution in [0.1, 0.15) is 50.3 Å². The summed E-state index contributed by atoms with van der Waals surface area (Å²) in [5, 5.41) is 14.8. The maximum absolute atomic E-state index is 10.6. The molecule has 0 unspecified atom stereocenters. The van der Waals surface area contributed by atoms with E-state index in [0.29, 0.717) is 11.1 Å². The van der Waals surface area contributed by atoms with Crippen molar-refractivity contribution in [2.45, 2.75) is 51.5 Å². The van der Waals surface area contributed by atoms with Gasteiger partial charge in [-0.2, -0.15) is 5.10 Å². The van der Waals surface area contributed by atoms with Crippen LogP contribution in [0.3, 0.4) is 0 Å². The first kappa shape index (κ1) is 13.4. The Bertz CT molecular complexity index is 624. The third-order valence-corrected chi connectivity index (χ3v) is 4.91. The molecule has 1 N–H and O–H groups in total. The van der Waals surface area contributed by atoms with Gasteiger partial charge in [0.05, 0.1) is 11.7 Å². The van der Waals surface area contributed by atoms with Gasteiger partial charge in [0.2, 0.25) is 0 Å². The molecule has 0 aromatic carbocycles. The number of rotatable bonds is 2. The van der Waals surface area contributed by atoms with Gasteiger partial charge >= 0.3 is 6.16 Å². The van der Waals surface area contributed by atoms with E-state index >= 15 is 0 Å². The van der Waals surface area contributed by atoms with E-state index in [1.54, 1.807) is 6.07 Å². The summed E-state index contributed by atoms with van der Waals surface area (Å²) in [5.74, 6) is 0. The summed E-state index contributed by atoms with van der Waals surface area (Å²) < 4.78 is 6.87. The minimum atomic E-state index is -1.26. The van der Waals surface area contributed by atoms with Crippen molar-refractivity contribution in [2.75, 3.05) is 0 Å². The highest BCUT2D eigenvalue weighted by atomic mass is 32.1.